The molecule has 0 bridgehead atoms. The Hall–Kier alpha value is -3.49. The molecule has 9 heteroatoms. The van der Waals surface area contributed by atoms with E-state index in [4.69, 9.17) is 21.3 Å². The maximum atomic E-state index is 12.4. The van der Waals surface area contributed by atoms with E-state index in [-0.39, 0.29) is 17.4 Å². The number of rotatable bonds is 9. The Labute approximate surface area is 206 Å². The highest BCUT2D eigenvalue weighted by atomic mass is 35.5. The summed E-state index contributed by atoms with van der Waals surface area (Å²) in [6, 6.07) is 20.6. The van der Waals surface area contributed by atoms with Gasteiger partial charge >= 0.3 is 0 Å². The van der Waals surface area contributed by atoms with Gasteiger partial charge in [-0.1, -0.05) is 59.8 Å². The molecular weight excluding hydrogens is 472 g/mol. The van der Waals surface area contributed by atoms with E-state index in [1.807, 2.05) is 55.5 Å². The Kier molecular flexibility index (Phi) is 7.72. The summed E-state index contributed by atoms with van der Waals surface area (Å²) in [4.78, 5) is 17.1. The summed E-state index contributed by atoms with van der Waals surface area (Å²) in [6.45, 7) is 2.81. The fourth-order valence-corrected chi connectivity index (χ4v) is 4.37. The quantitative estimate of drug-likeness (QED) is 0.192. The molecule has 4 rings (SSSR count). The average molecular weight is 495 g/mol. The van der Waals surface area contributed by atoms with Crippen LogP contribution >= 0.6 is 23.4 Å². The van der Waals surface area contributed by atoms with Crippen LogP contribution in [0.1, 0.15) is 18.1 Å². The molecule has 0 aliphatic rings. The van der Waals surface area contributed by atoms with Crippen LogP contribution in [0.2, 0.25) is 5.02 Å². The number of amides is 1. The van der Waals surface area contributed by atoms with Gasteiger partial charge in [0.2, 0.25) is 0 Å². The summed E-state index contributed by atoms with van der Waals surface area (Å²) < 4.78 is 7.41. The molecule has 0 radical (unpaired) electrons. The molecule has 0 fully saturated rings. The summed E-state index contributed by atoms with van der Waals surface area (Å²) in [6.07, 6.45) is 1.38. The number of fused-ring (bicyclic) bond motifs is 1. The number of thioether (sulfide) groups is 1. The van der Waals surface area contributed by atoms with Crippen LogP contribution in [0.5, 0.6) is 11.5 Å². The van der Waals surface area contributed by atoms with Crippen molar-refractivity contribution >= 4 is 46.5 Å². The van der Waals surface area contributed by atoms with E-state index in [1.54, 1.807) is 18.2 Å². The number of imidazole rings is 1. The minimum atomic E-state index is -0.293. The first-order chi connectivity index (χ1) is 16.6. The molecule has 174 valence electrons. The molecule has 1 aromatic heterocycles. The molecule has 3 aromatic carbocycles. The van der Waals surface area contributed by atoms with Gasteiger partial charge < -0.3 is 14.4 Å². The number of phenols is 1. The molecule has 0 atom stereocenters. The second kappa shape index (κ2) is 11.1. The van der Waals surface area contributed by atoms with Gasteiger partial charge in [-0.15, -0.1) is 0 Å². The molecular formula is C25H23ClN4O3S. The van der Waals surface area contributed by atoms with E-state index in [0.717, 1.165) is 16.6 Å². The lowest BCUT2D eigenvalue weighted by Crippen LogP contribution is -2.20. The third-order valence-electron chi connectivity index (χ3n) is 4.96. The van der Waals surface area contributed by atoms with Crippen molar-refractivity contribution in [2.75, 3.05) is 12.4 Å². The topological polar surface area (TPSA) is 88.7 Å². The maximum Gasteiger partial charge on any atom is 0.250 e. The number of ether oxygens (including phenoxy) is 1. The van der Waals surface area contributed by atoms with Crippen molar-refractivity contribution in [3.63, 3.8) is 0 Å². The van der Waals surface area contributed by atoms with Crippen LogP contribution in [0.3, 0.4) is 0 Å². The smallest absolute Gasteiger partial charge is 0.250 e. The van der Waals surface area contributed by atoms with Crippen LogP contribution in [0.4, 0.5) is 0 Å². The van der Waals surface area contributed by atoms with Gasteiger partial charge in [-0.3, -0.25) is 4.79 Å². The number of benzene rings is 3. The van der Waals surface area contributed by atoms with Crippen molar-refractivity contribution in [2.24, 2.45) is 5.10 Å². The normalized spacial score (nSPS) is 11.2. The Bertz CT molecular complexity index is 1340. The number of nitrogens with one attached hydrogen (secondary N) is 1. The van der Waals surface area contributed by atoms with Crippen molar-refractivity contribution in [2.45, 2.75) is 18.6 Å². The standard InChI is InChI=1S/C25H23ClN4O3S/c1-2-33-22-13-7-9-17(24(22)32)14-27-29-23(31)16-34-25-28-20-11-5-6-12-21(20)30(25)15-18-8-3-4-10-19(18)26/h3-14,32H,2,15-16H2,1H3,(H,29,31). The Morgan fingerprint density at radius 1 is 1.18 bits per heavy atom. The lowest BCUT2D eigenvalue weighted by Gasteiger charge is -2.10. The van der Waals surface area contributed by atoms with Gasteiger partial charge in [0.15, 0.2) is 16.7 Å². The van der Waals surface area contributed by atoms with E-state index in [1.165, 1.54) is 18.0 Å². The zero-order chi connectivity index (χ0) is 23.9. The van der Waals surface area contributed by atoms with Gasteiger partial charge in [-0.05, 0) is 42.8 Å². The van der Waals surface area contributed by atoms with Gasteiger partial charge in [0, 0.05) is 10.6 Å². The molecule has 2 N–H and O–H groups in total. The van der Waals surface area contributed by atoms with E-state index < -0.39 is 0 Å². The second-order valence-corrected chi connectivity index (χ2v) is 8.62. The van der Waals surface area contributed by atoms with Crippen molar-refractivity contribution < 1.29 is 14.6 Å². The summed E-state index contributed by atoms with van der Waals surface area (Å²) in [5.74, 6) is 0.169. The van der Waals surface area contributed by atoms with Crippen molar-refractivity contribution in [3.05, 3.63) is 82.9 Å². The number of para-hydroxylation sites is 3. The predicted octanol–water partition coefficient (Wildman–Crippen LogP) is 5.08. The number of nitrogens with zero attached hydrogens (tertiary/aromatic N) is 3. The first-order valence-electron chi connectivity index (χ1n) is 10.6. The van der Waals surface area contributed by atoms with Crippen LogP contribution in [0, 0.1) is 0 Å². The van der Waals surface area contributed by atoms with E-state index in [2.05, 4.69) is 15.1 Å². The maximum absolute atomic E-state index is 12.4. The van der Waals surface area contributed by atoms with E-state index in [9.17, 15) is 9.90 Å². The largest absolute Gasteiger partial charge is 0.504 e. The number of aromatic nitrogens is 2. The molecule has 1 heterocycles. The fourth-order valence-electron chi connectivity index (χ4n) is 3.36. The minimum Gasteiger partial charge on any atom is -0.504 e. The Morgan fingerprint density at radius 3 is 2.79 bits per heavy atom. The van der Waals surface area contributed by atoms with Crippen molar-refractivity contribution in [3.8, 4) is 11.5 Å². The Morgan fingerprint density at radius 2 is 1.97 bits per heavy atom. The van der Waals surface area contributed by atoms with Crippen LogP contribution in [0.25, 0.3) is 11.0 Å². The molecule has 0 aliphatic heterocycles. The van der Waals surface area contributed by atoms with Gasteiger partial charge in [0.1, 0.15) is 0 Å². The number of hydrogen-bond donors (Lipinski definition) is 2. The molecule has 4 aromatic rings. The molecule has 0 saturated heterocycles. The highest BCUT2D eigenvalue weighted by Crippen LogP contribution is 2.29. The zero-order valence-corrected chi connectivity index (χ0v) is 20.0. The summed E-state index contributed by atoms with van der Waals surface area (Å²) in [5.41, 5.74) is 5.72. The lowest BCUT2D eigenvalue weighted by atomic mass is 10.2. The fraction of sp³-hybridized carbons (Fsp3) is 0.160. The first kappa shape index (κ1) is 23.7. The number of halogens is 1. The monoisotopic (exact) mass is 494 g/mol. The van der Waals surface area contributed by atoms with Crippen LogP contribution in [-0.2, 0) is 11.3 Å². The second-order valence-electron chi connectivity index (χ2n) is 7.27. The van der Waals surface area contributed by atoms with Gasteiger partial charge in [0.25, 0.3) is 5.91 Å². The highest BCUT2D eigenvalue weighted by Gasteiger charge is 2.14. The van der Waals surface area contributed by atoms with Crippen molar-refractivity contribution in [1.29, 1.82) is 0 Å². The van der Waals surface area contributed by atoms with Gasteiger partial charge in [0.05, 0.1) is 36.2 Å². The highest BCUT2D eigenvalue weighted by molar-refractivity contribution is 7.99. The van der Waals surface area contributed by atoms with Crippen LogP contribution in [-0.4, -0.2) is 39.1 Å². The number of carbonyl (C=O) groups excluding carboxylic acids is 1. The average Bonchev–Trinajstić information content (AvgIpc) is 3.19. The number of hydrogen-bond acceptors (Lipinski definition) is 6. The van der Waals surface area contributed by atoms with E-state index in [0.29, 0.717) is 34.6 Å². The van der Waals surface area contributed by atoms with Crippen molar-refractivity contribution in [1.82, 2.24) is 15.0 Å². The molecule has 1 amide bonds. The third kappa shape index (κ3) is 5.52. The zero-order valence-electron chi connectivity index (χ0n) is 18.4. The Balaban J connectivity index is 1.44. The van der Waals surface area contributed by atoms with Gasteiger partial charge in [-0.25, -0.2) is 10.4 Å². The SMILES string of the molecule is CCOc1cccc(C=NNC(=O)CSc2nc3ccccc3n2Cc2ccccc2Cl)c1O. The molecule has 34 heavy (non-hydrogen) atoms. The van der Waals surface area contributed by atoms with E-state index >= 15 is 0 Å². The molecule has 0 saturated carbocycles. The number of phenolic OH excluding ortho intramolecular Hbond substituents is 1. The van der Waals surface area contributed by atoms with Crippen LogP contribution in [0.15, 0.2) is 77.0 Å². The number of hydrazone groups is 1. The predicted molar refractivity (Wildman–Crippen MR) is 136 cm³/mol. The lowest BCUT2D eigenvalue weighted by molar-refractivity contribution is -0.118. The number of aromatic hydroxyl groups is 1. The molecule has 0 spiro atoms. The third-order valence-corrected chi connectivity index (χ3v) is 6.31. The van der Waals surface area contributed by atoms with Crippen LogP contribution < -0.4 is 10.2 Å². The first-order valence-corrected chi connectivity index (χ1v) is 12.0. The van der Waals surface area contributed by atoms with Gasteiger partial charge in [-0.2, -0.15) is 5.10 Å². The summed E-state index contributed by atoms with van der Waals surface area (Å²) >= 11 is 7.69. The summed E-state index contributed by atoms with van der Waals surface area (Å²) in [5, 5.41) is 15.6. The summed E-state index contributed by atoms with van der Waals surface area (Å²) in [7, 11) is 0. The minimum absolute atomic E-state index is 0.0231. The molecule has 7 nitrogen and oxygen atoms in total. The number of carbonyl (C=O) groups is 1. The molecule has 0 aliphatic carbocycles. The molecule has 0 unspecified atom stereocenters.